The molecule has 1 aliphatic heterocycles. The largest absolute Gasteiger partial charge is 0.377 e. The molecule has 1 aromatic rings. The molecular weight excluding hydrogens is 342 g/mol. The molecule has 1 saturated heterocycles. The Kier molecular flexibility index (Phi) is 6.47. The van der Waals surface area contributed by atoms with Gasteiger partial charge in [-0.1, -0.05) is 70.7 Å². The third-order valence-electron chi connectivity index (χ3n) is 7.70. The molecule has 4 unspecified atom stereocenters. The summed E-state index contributed by atoms with van der Waals surface area (Å²) in [4.78, 5) is 2.80. The van der Waals surface area contributed by atoms with Crippen molar-refractivity contribution in [2.24, 2.45) is 11.8 Å². The molecule has 156 valence electrons. The summed E-state index contributed by atoms with van der Waals surface area (Å²) in [7, 11) is 0. The molecule has 0 N–H and O–H groups in total. The van der Waals surface area contributed by atoms with Crippen LogP contribution in [0.2, 0.25) is 0 Å². The normalized spacial score (nSPS) is 31.1. The predicted molar refractivity (Wildman–Crippen MR) is 118 cm³/mol. The summed E-state index contributed by atoms with van der Waals surface area (Å²) in [6.45, 7) is 10.1. The number of nitrogens with zero attached hydrogens (tertiary/aromatic N) is 1. The van der Waals surface area contributed by atoms with Crippen LogP contribution in [0.5, 0.6) is 0 Å². The number of benzene rings is 1. The van der Waals surface area contributed by atoms with Crippen molar-refractivity contribution in [1.29, 1.82) is 0 Å². The van der Waals surface area contributed by atoms with Crippen molar-refractivity contribution in [3.63, 3.8) is 0 Å². The van der Waals surface area contributed by atoms with Crippen LogP contribution in [-0.2, 0) is 16.7 Å². The number of rotatable bonds is 5. The molecular formula is C26H41NO. The van der Waals surface area contributed by atoms with E-state index in [-0.39, 0.29) is 5.41 Å². The van der Waals surface area contributed by atoms with Crippen molar-refractivity contribution >= 4 is 0 Å². The highest BCUT2D eigenvalue weighted by Crippen LogP contribution is 2.42. The molecule has 3 aliphatic rings. The van der Waals surface area contributed by atoms with Gasteiger partial charge in [0.2, 0.25) is 0 Å². The zero-order valence-corrected chi connectivity index (χ0v) is 18.5. The Morgan fingerprint density at radius 3 is 2.32 bits per heavy atom. The average molecular weight is 384 g/mol. The third kappa shape index (κ3) is 5.00. The topological polar surface area (TPSA) is 12.5 Å². The summed E-state index contributed by atoms with van der Waals surface area (Å²) in [6, 6.07) is 10.2. The lowest BCUT2D eigenvalue weighted by Crippen LogP contribution is -2.44. The van der Waals surface area contributed by atoms with Gasteiger partial charge in [-0.05, 0) is 60.5 Å². The highest BCUT2D eigenvalue weighted by atomic mass is 16.5. The maximum absolute atomic E-state index is 6.04. The summed E-state index contributed by atoms with van der Waals surface area (Å²) in [5.41, 5.74) is 3.14. The first-order chi connectivity index (χ1) is 13.5. The van der Waals surface area contributed by atoms with Gasteiger partial charge < -0.3 is 4.74 Å². The first-order valence-corrected chi connectivity index (χ1v) is 11.9. The highest BCUT2D eigenvalue weighted by molar-refractivity contribution is 5.27. The van der Waals surface area contributed by atoms with Crippen molar-refractivity contribution in [3.05, 3.63) is 35.4 Å². The van der Waals surface area contributed by atoms with Crippen LogP contribution in [0.25, 0.3) is 0 Å². The molecule has 2 aliphatic carbocycles. The fraction of sp³-hybridized carbons (Fsp3) is 0.769. The molecule has 2 saturated carbocycles. The van der Waals surface area contributed by atoms with Crippen LogP contribution in [0, 0.1) is 11.8 Å². The minimum Gasteiger partial charge on any atom is -0.377 e. The van der Waals surface area contributed by atoms with E-state index in [0.717, 1.165) is 37.6 Å². The van der Waals surface area contributed by atoms with E-state index in [1.807, 2.05) is 0 Å². The van der Waals surface area contributed by atoms with Gasteiger partial charge in [-0.15, -0.1) is 0 Å². The molecule has 0 bridgehead atoms. The fourth-order valence-electron chi connectivity index (χ4n) is 5.92. The third-order valence-corrected chi connectivity index (χ3v) is 7.70. The molecule has 2 heteroatoms. The number of fused-ring (bicyclic) bond motifs is 1. The minimum atomic E-state index is 0.231. The lowest BCUT2D eigenvalue weighted by molar-refractivity contribution is 0.0219. The monoisotopic (exact) mass is 383 g/mol. The smallest absolute Gasteiger partial charge is 0.0703 e. The summed E-state index contributed by atoms with van der Waals surface area (Å²) in [5, 5.41) is 0. The van der Waals surface area contributed by atoms with Crippen LogP contribution in [0.3, 0.4) is 0 Å². The molecule has 1 aromatic carbocycles. The summed E-state index contributed by atoms with van der Waals surface area (Å²) >= 11 is 0. The Labute approximate surface area is 173 Å². The quantitative estimate of drug-likeness (QED) is 0.589. The van der Waals surface area contributed by atoms with E-state index in [1.165, 1.54) is 68.9 Å². The average Bonchev–Trinajstić information content (AvgIpc) is 3.20. The Bertz CT molecular complexity index is 610. The summed E-state index contributed by atoms with van der Waals surface area (Å²) < 4.78 is 6.04. The van der Waals surface area contributed by atoms with E-state index in [4.69, 9.17) is 4.74 Å². The molecule has 2 nitrogen and oxygen atoms in total. The molecule has 0 radical (unpaired) electrons. The zero-order chi connectivity index (χ0) is 19.6. The van der Waals surface area contributed by atoms with E-state index in [9.17, 15) is 0 Å². The predicted octanol–water partition coefficient (Wildman–Crippen LogP) is 6.32. The molecule has 0 amide bonds. The van der Waals surface area contributed by atoms with E-state index in [0.29, 0.717) is 6.10 Å². The second-order valence-electron chi connectivity index (χ2n) is 10.8. The summed E-state index contributed by atoms with van der Waals surface area (Å²) in [5.74, 6) is 2.02. The van der Waals surface area contributed by atoms with Gasteiger partial charge in [0.1, 0.15) is 0 Å². The van der Waals surface area contributed by atoms with Gasteiger partial charge in [0.25, 0.3) is 0 Å². The second-order valence-corrected chi connectivity index (χ2v) is 10.8. The SMILES string of the molecule is CC(C)(C)c1ccc(CN(CC2CCCO2)C2CCC3CCCCC3C2)cc1. The van der Waals surface area contributed by atoms with Crippen molar-refractivity contribution in [1.82, 2.24) is 4.90 Å². The van der Waals surface area contributed by atoms with Gasteiger partial charge in [-0.3, -0.25) is 4.90 Å². The lowest BCUT2D eigenvalue weighted by Gasteiger charge is -2.44. The number of ether oxygens (including phenoxy) is 1. The van der Waals surface area contributed by atoms with Crippen LogP contribution in [-0.4, -0.2) is 30.2 Å². The van der Waals surface area contributed by atoms with Crippen molar-refractivity contribution < 1.29 is 4.74 Å². The van der Waals surface area contributed by atoms with E-state index < -0.39 is 0 Å². The minimum absolute atomic E-state index is 0.231. The molecule has 4 atom stereocenters. The van der Waals surface area contributed by atoms with Crippen molar-refractivity contribution in [2.75, 3.05) is 13.2 Å². The maximum atomic E-state index is 6.04. The van der Waals surface area contributed by atoms with Gasteiger partial charge in [-0.25, -0.2) is 0 Å². The van der Waals surface area contributed by atoms with Gasteiger partial charge >= 0.3 is 0 Å². The van der Waals surface area contributed by atoms with Crippen LogP contribution < -0.4 is 0 Å². The Morgan fingerprint density at radius 2 is 1.64 bits per heavy atom. The molecule has 1 heterocycles. The molecule has 0 aromatic heterocycles. The fourth-order valence-corrected chi connectivity index (χ4v) is 5.92. The molecule has 3 fully saturated rings. The van der Waals surface area contributed by atoms with Gasteiger partial charge in [0.05, 0.1) is 6.10 Å². The Balaban J connectivity index is 1.45. The number of hydrogen-bond acceptors (Lipinski definition) is 2. The zero-order valence-electron chi connectivity index (χ0n) is 18.5. The van der Waals surface area contributed by atoms with E-state index in [1.54, 1.807) is 0 Å². The van der Waals surface area contributed by atoms with Crippen molar-refractivity contribution in [3.8, 4) is 0 Å². The highest BCUT2D eigenvalue weighted by Gasteiger charge is 2.35. The van der Waals surface area contributed by atoms with Gasteiger partial charge in [-0.2, -0.15) is 0 Å². The maximum Gasteiger partial charge on any atom is 0.0703 e. The Hall–Kier alpha value is -0.860. The van der Waals surface area contributed by atoms with Crippen molar-refractivity contribution in [2.45, 2.75) is 103 Å². The van der Waals surface area contributed by atoms with Crippen LogP contribution in [0.4, 0.5) is 0 Å². The molecule has 0 spiro atoms. The Morgan fingerprint density at radius 1 is 0.893 bits per heavy atom. The van der Waals surface area contributed by atoms with Crippen LogP contribution in [0.15, 0.2) is 24.3 Å². The van der Waals surface area contributed by atoms with E-state index in [2.05, 4.69) is 49.9 Å². The second kappa shape index (κ2) is 8.88. The van der Waals surface area contributed by atoms with Gasteiger partial charge in [0, 0.05) is 25.7 Å². The van der Waals surface area contributed by atoms with Crippen LogP contribution in [0.1, 0.15) is 89.7 Å². The first kappa shape index (κ1) is 20.4. The standard InChI is InChI=1S/C26H41NO/c1-26(2,3)23-13-10-20(11-14-23)18-27(19-25-9-6-16-28-25)24-15-12-21-7-4-5-8-22(21)17-24/h10-11,13-14,21-22,24-25H,4-9,12,15-19H2,1-3H3. The molecule has 4 rings (SSSR count). The van der Waals surface area contributed by atoms with Crippen LogP contribution >= 0.6 is 0 Å². The van der Waals surface area contributed by atoms with E-state index >= 15 is 0 Å². The first-order valence-electron chi connectivity index (χ1n) is 11.9. The lowest BCUT2D eigenvalue weighted by atomic mass is 9.69. The summed E-state index contributed by atoms with van der Waals surface area (Å²) in [6.07, 6.45) is 13.2. The number of hydrogen-bond donors (Lipinski definition) is 0. The van der Waals surface area contributed by atoms with Gasteiger partial charge in [0.15, 0.2) is 0 Å². The molecule has 28 heavy (non-hydrogen) atoms.